The van der Waals surface area contributed by atoms with Gasteiger partial charge in [-0.2, -0.15) is 0 Å². The average molecular weight is 312 g/mol. The quantitative estimate of drug-likeness (QED) is 0.718. The van der Waals surface area contributed by atoms with Gasteiger partial charge in [0.25, 0.3) is 0 Å². The largest absolute Gasteiger partial charge is 0.493 e. The Morgan fingerprint density at radius 3 is 2.68 bits per heavy atom. The molecule has 2 aromatic heterocycles. The molecule has 4 nitrogen and oxygen atoms in total. The third kappa shape index (κ3) is 3.09. The molecule has 1 aromatic carbocycles. The number of rotatable bonds is 5. The lowest BCUT2D eigenvalue weighted by Crippen LogP contribution is -1.91. The number of aromatic nitrogens is 2. The summed E-state index contributed by atoms with van der Waals surface area (Å²) in [6.45, 7) is 0. The molecule has 0 aliphatic carbocycles. The van der Waals surface area contributed by atoms with Gasteiger partial charge in [0, 0.05) is 29.8 Å². The maximum Gasteiger partial charge on any atom is 0.161 e. The molecule has 0 N–H and O–H groups in total. The second kappa shape index (κ2) is 6.58. The first-order chi connectivity index (χ1) is 10.8. The van der Waals surface area contributed by atoms with E-state index in [1.807, 2.05) is 30.5 Å². The zero-order valence-electron chi connectivity index (χ0n) is 12.4. The van der Waals surface area contributed by atoms with E-state index in [1.54, 1.807) is 31.8 Å². The Bertz CT molecular complexity index is 756. The van der Waals surface area contributed by atoms with Gasteiger partial charge in [0.2, 0.25) is 0 Å². The zero-order chi connectivity index (χ0) is 15.4. The van der Waals surface area contributed by atoms with Gasteiger partial charge in [-0.3, -0.25) is 4.98 Å². The van der Waals surface area contributed by atoms with Gasteiger partial charge in [0.05, 0.1) is 24.9 Å². The van der Waals surface area contributed by atoms with Crippen molar-refractivity contribution in [3.8, 4) is 22.8 Å². The second-order valence-electron chi connectivity index (χ2n) is 4.73. The Labute approximate surface area is 133 Å². The van der Waals surface area contributed by atoms with Crippen LogP contribution in [0.2, 0.25) is 0 Å². The SMILES string of the molecule is COc1ccc(-c2csc(Cc3cccnc3)n2)cc1OC. The standard InChI is InChI=1S/C17H16N2O2S/c1-20-15-6-5-13(9-16(15)21-2)14-11-22-17(19-14)8-12-4-3-7-18-10-12/h3-7,9-11H,8H2,1-2H3. The monoisotopic (exact) mass is 312 g/mol. The van der Waals surface area contributed by atoms with E-state index in [4.69, 9.17) is 14.5 Å². The number of hydrogen-bond donors (Lipinski definition) is 0. The van der Waals surface area contributed by atoms with Crippen LogP contribution in [0.3, 0.4) is 0 Å². The fourth-order valence-corrected chi connectivity index (χ4v) is 3.04. The number of pyridine rings is 1. The summed E-state index contributed by atoms with van der Waals surface area (Å²) < 4.78 is 10.6. The first-order valence-electron chi connectivity index (χ1n) is 6.86. The van der Waals surface area contributed by atoms with Gasteiger partial charge in [0.15, 0.2) is 11.5 Å². The van der Waals surface area contributed by atoms with E-state index in [0.717, 1.165) is 34.0 Å². The van der Waals surface area contributed by atoms with Crippen LogP contribution >= 0.6 is 11.3 Å². The summed E-state index contributed by atoms with van der Waals surface area (Å²) in [5, 5.41) is 3.13. The predicted octanol–water partition coefficient (Wildman–Crippen LogP) is 3.81. The van der Waals surface area contributed by atoms with Crippen LogP contribution in [0.5, 0.6) is 11.5 Å². The van der Waals surface area contributed by atoms with Crippen molar-refractivity contribution in [1.82, 2.24) is 9.97 Å². The molecule has 0 aliphatic rings. The number of thiazole rings is 1. The Morgan fingerprint density at radius 1 is 1.09 bits per heavy atom. The van der Waals surface area contributed by atoms with Crippen LogP contribution in [0, 0.1) is 0 Å². The summed E-state index contributed by atoms with van der Waals surface area (Å²) in [6.07, 6.45) is 4.45. The van der Waals surface area contributed by atoms with E-state index < -0.39 is 0 Å². The number of methoxy groups -OCH3 is 2. The van der Waals surface area contributed by atoms with Crippen LogP contribution in [0.4, 0.5) is 0 Å². The lowest BCUT2D eigenvalue weighted by atomic mass is 10.1. The predicted molar refractivity (Wildman–Crippen MR) is 87.7 cm³/mol. The molecule has 0 aliphatic heterocycles. The summed E-state index contributed by atoms with van der Waals surface area (Å²) in [5.41, 5.74) is 3.13. The molecule has 0 unspecified atom stereocenters. The number of hydrogen-bond acceptors (Lipinski definition) is 5. The maximum atomic E-state index is 5.34. The molecule has 0 bridgehead atoms. The minimum absolute atomic E-state index is 0.710. The smallest absolute Gasteiger partial charge is 0.161 e. The van der Waals surface area contributed by atoms with Crippen molar-refractivity contribution in [2.24, 2.45) is 0 Å². The van der Waals surface area contributed by atoms with Crippen molar-refractivity contribution >= 4 is 11.3 Å². The van der Waals surface area contributed by atoms with E-state index in [-0.39, 0.29) is 0 Å². The third-order valence-corrected chi connectivity index (χ3v) is 4.16. The van der Waals surface area contributed by atoms with E-state index in [9.17, 15) is 0 Å². The summed E-state index contributed by atoms with van der Waals surface area (Å²) in [7, 11) is 3.27. The van der Waals surface area contributed by atoms with Crippen LogP contribution < -0.4 is 9.47 Å². The Balaban J connectivity index is 1.84. The molecule has 112 valence electrons. The van der Waals surface area contributed by atoms with Crippen LogP contribution in [-0.4, -0.2) is 24.2 Å². The Kier molecular flexibility index (Phi) is 4.34. The number of ether oxygens (including phenoxy) is 2. The normalized spacial score (nSPS) is 10.5. The first-order valence-corrected chi connectivity index (χ1v) is 7.74. The molecule has 3 rings (SSSR count). The molecule has 0 amide bonds. The van der Waals surface area contributed by atoms with E-state index in [2.05, 4.69) is 16.4 Å². The van der Waals surface area contributed by atoms with Crippen molar-refractivity contribution in [3.05, 3.63) is 58.7 Å². The topological polar surface area (TPSA) is 44.2 Å². The second-order valence-corrected chi connectivity index (χ2v) is 5.68. The van der Waals surface area contributed by atoms with Gasteiger partial charge in [-0.05, 0) is 29.8 Å². The third-order valence-electron chi connectivity index (χ3n) is 3.31. The van der Waals surface area contributed by atoms with Gasteiger partial charge in [-0.15, -0.1) is 11.3 Å². The maximum absolute atomic E-state index is 5.34. The van der Waals surface area contributed by atoms with Crippen molar-refractivity contribution in [2.75, 3.05) is 14.2 Å². The van der Waals surface area contributed by atoms with Crippen molar-refractivity contribution < 1.29 is 9.47 Å². The summed E-state index contributed by atoms with van der Waals surface area (Å²) in [6, 6.07) is 9.84. The van der Waals surface area contributed by atoms with Gasteiger partial charge in [-0.1, -0.05) is 6.07 Å². The fraction of sp³-hybridized carbons (Fsp3) is 0.176. The first kappa shape index (κ1) is 14.5. The Morgan fingerprint density at radius 2 is 1.95 bits per heavy atom. The molecule has 2 heterocycles. The molecule has 22 heavy (non-hydrogen) atoms. The molecule has 0 fully saturated rings. The van der Waals surface area contributed by atoms with Gasteiger partial charge in [-0.25, -0.2) is 4.98 Å². The zero-order valence-corrected chi connectivity index (χ0v) is 13.3. The highest BCUT2D eigenvalue weighted by molar-refractivity contribution is 7.10. The Hall–Kier alpha value is -2.40. The highest BCUT2D eigenvalue weighted by Crippen LogP contribution is 2.32. The van der Waals surface area contributed by atoms with Crippen LogP contribution in [-0.2, 0) is 6.42 Å². The minimum atomic E-state index is 0.710. The molecule has 0 radical (unpaired) electrons. The summed E-state index contributed by atoms with van der Waals surface area (Å²) in [5.74, 6) is 1.43. The molecule has 0 spiro atoms. The van der Waals surface area contributed by atoms with E-state index in [0.29, 0.717) is 5.75 Å². The summed E-state index contributed by atoms with van der Waals surface area (Å²) >= 11 is 1.65. The van der Waals surface area contributed by atoms with Crippen LogP contribution in [0.15, 0.2) is 48.1 Å². The molecule has 0 saturated carbocycles. The van der Waals surface area contributed by atoms with E-state index >= 15 is 0 Å². The van der Waals surface area contributed by atoms with Gasteiger partial charge < -0.3 is 9.47 Å². The average Bonchev–Trinajstić information content (AvgIpc) is 3.03. The van der Waals surface area contributed by atoms with Crippen LogP contribution in [0.1, 0.15) is 10.6 Å². The molecular formula is C17H16N2O2S. The fourth-order valence-electron chi connectivity index (χ4n) is 2.20. The molecular weight excluding hydrogens is 296 g/mol. The molecule has 3 aromatic rings. The van der Waals surface area contributed by atoms with Crippen LogP contribution in [0.25, 0.3) is 11.3 Å². The number of nitrogens with zero attached hydrogens (tertiary/aromatic N) is 2. The van der Waals surface area contributed by atoms with Crippen molar-refractivity contribution in [1.29, 1.82) is 0 Å². The molecule has 5 heteroatoms. The molecule has 0 atom stereocenters. The minimum Gasteiger partial charge on any atom is -0.493 e. The van der Waals surface area contributed by atoms with Crippen molar-refractivity contribution in [3.63, 3.8) is 0 Å². The highest BCUT2D eigenvalue weighted by atomic mass is 32.1. The van der Waals surface area contributed by atoms with Gasteiger partial charge >= 0.3 is 0 Å². The highest BCUT2D eigenvalue weighted by Gasteiger charge is 2.09. The van der Waals surface area contributed by atoms with Crippen molar-refractivity contribution in [2.45, 2.75) is 6.42 Å². The lowest BCUT2D eigenvalue weighted by Gasteiger charge is -2.08. The lowest BCUT2D eigenvalue weighted by molar-refractivity contribution is 0.355. The number of benzene rings is 1. The van der Waals surface area contributed by atoms with E-state index in [1.165, 1.54) is 0 Å². The summed E-state index contributed by atoms with van der Waals surface area (Å²) in [4.78, 5) is 8.84. The molecule has 0 saturated heterocycles. The van der Waals surface area contributed by atoms with Gasteiger partial charge in [0.1, 0.15) is 0 Å².